The molecule has 0 aliphatic carbocycles. The zero-order valence-corrected chi connectivity index (χ0v) is 17.0. The second-order valence-corrected chi connectivity index (χ2v) is 7.66. The number of carbonyl (C=O) groups excluding carboxylic acids is 2. The molecular formula is C23H20N2O3S. The van der Waals surface area contributed by atoms with Gasteiger partial charge < -0.3 is 9.30 Å². The van der Waals surface area contributed by atoms with Crippen molar-refractivity contribution in [2.24, 2.45) is 4.99 Å². The molecule has 4 rings (SSSR count). The van der Waals surface area contributed by atoms with Gasteiger partial charge in [0.25, 0.3) is 5.91 Å². The van der Waals surface area contributed by atoms with Gasteiger partial charge in [-0.15, -0.1) is 0 Å². The van der Waals surface area contributed by atoms with Gasteiger partial charge in [-0.25, -0.2) is 4.79 Å². The van der Waals surface area contributed by atoms with E-state index < -0.39 is 6.04 Å². The van der Waals surface area contributed by atoms with E-state index in [1.807, 2.05) is 72.2 Å². The number of hydrogen-bond donors (Lipinski definition) is 0. The van der Waals surface area contributed by atoms with Gasteiger partial charge in [-0.3, -0.25) is 4.79 Å². The van der Waals surface area contributed by atoms with Crippen LogP contribution in [0.4, 0.5) is 0 Å². The van der Waals surface area contributed by atoms with Crippen molar-refractivity contribution in [2.75, 3.05) is 7.11 Å². The molecule has 6 heteroatoms. The lowest BCUT2D eigenvalue weighted by Crippen LogP contribution is -2.28. The Morgan fingerprint density at radius 3 is 2.52 bits per heavy atom. The molecule has 5 nitrogen and oxygen atoms in total. The third kappa shape index (κ3) is 3.59. The van der Waals surface area contributed by atoms with Crippen LogP contribution in [-0.2, 0) is 9.53 Å². The average Bonchev–Trinajstić information content (AvgIpc) is 3.11. The third-order valence-electron chi connectivity index (χ3n) is 4.90. The fourth-order valence-corrected chi connectivity index (χ4v) is 4.50. The number of rotatable bonds is 4. The van der Waals surface area contributed by atoms with Crippen molar-refractivity contribution in [3.05, 3.63) is 77.1 Å². The molecule has 1 heterocycles. The van der Waals surface area contributed by atoms with Gasteiger partial charge in [0.15, 0.2) is 4.80 Å². The topological polar surface area (TPSA) is 60.7 Å². The predicted octanol–water partition coefficient (Wildman–Crippen LogP) is 4.72. The zero-order chi connectivity index (χ0) is 20.4. The number of para-hydroxylation sites is 1. The molecule has 29 heavy (non-hydrogen) atoms. The Hall–Kier alpha value is -3.25. The lowest BCUT2D eigenvalue weighted by atomic mass is 10.1. The number of amides is 1. The van der Waals surface area contributed by atoms with Gasteiger partial charge >= 0.3 is 5.97 Å². The van der Waals surface area contributed by atoms with Crippen LogP contribution in [0.15, 0.2) is 71.7 Å². The first-order chi connectivity index (χ1) is 14.1. The summed E-state index contributed by atoms with van der Waals surface area (Å²) >= 11 is 1.39. The molecule has 4 aromatic rings. The molecule has 1 unspecified atom stereocenters. The summed E-state index contributed by atoms with van der Waals surface area (Å²) in [7, 11) is 1.37. The van der Waals surface area contributed by atoms with Crippen LogP contribution < -0.4 is 4.80 Å². The van der Waals surface area contributed by atoms with Gasteiger partial charge in [0, 0.05) is 5.56 Å². The highest BCUT2D eigenvalue weighted by Crippen LogP contribution is 2.23. The number of ether oxygens (including phenoxy) is 1. The standard InChI is InChI=1S/C23H20N2O3S/c1-3-18(22(27)28-2)25-19-10-6-7-11-20(19)29-23(25)24-21(26)17-13-12-15-8-4-5-9-16(15)14-17/h4-14,18H,3H2,1-2H3. The van der Waals surface area contributed by atoms with E-state index in [0.717, 1.165) is 21.0 Å². The minimum atomic E-state index is -0.542. The smallest absolute Gasteiger partial charge is 0.328 e. The maximum atomic E-state index is 12.9. The minimum absolute atomic E-state index is 0.337. The molecule has 0 spiro atoms. The van der Waals surface area contributed by atoms with E-state index in [0.29, 0.717) is 16.8 Å². The molecule has 1 amide bonds. The maximum Gasteiger partial charge on any atom is 0.328 e. The monoisotopic (exact) mass is 404 g/mol. The van der Waals surface area contributed by atoms with E-state index in [1.54, 1.807) is 6.07 Å². The number of methoxy groups -OCH3 is 1. The second-order valence-electron chi connectivity index (χ2n) is 6.65. The van der Waals surface area contributed by atoms with E-state index in [2.05, 4.69) is 4.99 Å². The number of thiazole rings is 1. The summed E-state index contributed by atoms with van der Waals surface area (Å²) in [5.74, 6) is -0.688. The highest BCUT2D eigenvalue weighted by molar-refractivity contribution is 7.16. The van der Waals surface area contributed by atoms with Gasteiger partial charge in [-0.05, 0) is 41.5 Å². The summed E-state index contributed by atoms with van der Waals surface area (Å²) in [6, 6.07) is 20.6. The van der Waals surface area contributed by atoms with Crippen molar-refractivity contribution in [3.63, 3.8) is 0 Å². The summed E-state index contributed by atoms with van der Waals surface area (Å²) in [4.78, 5) is 30.2. The first-order valence-electron chi connectivity index (χ1n) is 9.38. The van der Waals surface area contributed by atoms with Crippen molar-refractivity contribution < 1.29 is 14.3 Å². The molecule has 0 aliphatic heterocycles. The summed E-state index contributed by atoms with van der Waals surface area (Å²) in [5, 5.41) is 2.05. The quantitative estimate of drug-likeness (QED) is 0.462. The van der Waals surface area contributed by atoms with Gasteiger partial charge in [-0.2, -0.15) is 4.99 Å². The molecule has 1 atom stereocenters. The molecular weight excluding hydrogens is 384 g/mol. The zero-order valence-electron chi connectivity index (χ0n) is 16.2. The van der Waals surface area contributed by atoms with Crippen molar-refractivity contribution in [1.82, 2.24) is 4.57 Å². The van der Waals surface area contributed by atoms with E-state index in [1.165, 1.54) is 18.4 Å². The fraction of sp³-hybridized carbons (Fsp3) is 0.174. The highest BCUT2D eigenvalue weighted by atomic mass is 32.1. The number of carbonyl (C=O) groups is 2. The Kier molecular flexibility index (Phi) is 5.27. The van der Waals surface area contributed by atoms with E-state index in [9.17, 15) is 9.59 Å². The number of nitrogens with zero attached hydrogens (tertiary/aromatic N) is 2. The number of benzene rings is 3. The second kappa shape index (κ2) is 8.01. The largest absolute Gasteiger partial charge is 0.467 e. The van der Waals surface area contributed by atoms with Gasteiger partial charge in [0.05, 0.1) is 17.3 Å². The Bertz CT molecular complexity index is 1290. The van der Waals surface area contributed by atoms with Crippen LogP contribution in [0.3, 0.4) is 0 Å². The first kappa shape index (κ1) is 19.1. The number of aromatic nitrogens is 1. The van der Waals surface area contributed by atoms with Crippen molar-refractivity contribution in [3.8, 4) is 0 Å². The van der Waals surface area contributed by atoms with Gasteiger partial charge in [0.1, 0.15) is 6.04 Å². The lowest BCUT2D eigenvalue weighted by molar-refractivity contribution is -0.144. The molecule has 0 saturated carbocycles. The summed E-state index contributed by atoms with van der Waals surface area (Å²) in [5.41, 5.74) is 1.37. The van der Waals surface area contributed by atoms with E-state index in [-0.39, 0.29) is 11.9 Å². The van der Waals surface area contributed by atoms with Gasteiger partial charge in [-0.1, -0.05) is 60.7 Å². The van der Waals surface area contributed by atoms with Gasteiger partial charge in [0.2, 0.25) is 0 Å². The van der Waals surface area contributed by atoms with Crippen LogP contribution in [-0.4, -0.2) is 23.6 Å². The Morgan fingerprint density at radius 1 is 1.03 bits per heavy atom. The van der Waals surface area contributed by atoms with Crippen LogP contribution in [0.5, 0.6) is 0 Å². The summed E-state index contributed by atoms with van der Waals surface area (Å²) < 4.78 is 7.76. The van der Waals surface area contributed by atoms with Crippen molar-refractivity contribution >= 4 is 44.2 Å². The molecule has 146 valence electrons. The molecule has 1 aromatic heterocycles. The van der Waals surface area contributed by atoms with E-state index >= 15 is 0 Å². The maximum absolute atomic E-state index is 12.9. The molecule has 0 bridgehead atoms. The molecule has 3 aromatic carbocycles. The Morgan fingerprint density at radius 2 is 1.76 bits per heavy atom. The molecule has 0 saturated heterocycles. The molecule has 0 radical (unpaired) electrons. The molecule has 0 aliphatic rings. The molecule has 0 fully saturated rings. The number of hydrogen-bond acceptors (Lipinski definition) is 4. The molecule has 0 N–H and O–H groups in total. The SMILES string of the molecule is CCC(C(=O)OC)n1c(=NC(=O)c2ccc3ccccc3c2)sc2ccccc21. The Labute approximate surface area is 171 Å². The minimum Gasteiger partial charge on any atom is -0.467 e. The summed E-state index contributed by atoms with van der Waals surface area (Å²) in [6.07, 6.45) is 0.532. The average molecular weight is 404 g/mol. The van der Waals surface area contributed by atoms with Crippen LogP contribution in [0, 0.1) is 0 Å². The number of fused-ring (bicyclic) bond motifs is 2. The van der Waals surface area contributed by atoms with Crippen LogP contribution in [0.2, 0.25) is 0 Å². The lowest BCUT2D eigenvalue weighted by Gasteiger charge is -2.15. The highest BCUT2D eigenvalue weighted by Gasteiger charge is 2.23. The van der Waals surface area contributed by atoms with Crippen LogP contribution >= 0.6 is 11.3 Å². The number of esters is 1. The first-order valence-corrected chi connectivity index (χ1v) is 10.2. The normalized spacial score (nSPS) is 13.0. The summed E-state index contributed by atoms with van der Waals surface area (Å²) in [6.45, 7) is 1.91. The van der Waals surface area contributed by atoms with Crippen LogP contribution in [0.1, 0.15) is 29.7 Å². The Balaban J connectivity index is 1.87. The van der Waals surface area contributed by atoms with Crippen molar-refractivity contribution in [2.45, 2.75) is 19.4 Å². The van der Waals surface area contributed by atoms with E-state index in [4.69, 9.17) is 4.74 Å². The van der Waals surface area contributed by atoms with Crippen LogP contribution in [0.25, 0.3) is 21.0 Å². The third-order valence-corrected chi connectivity index (χ3v) is 5.93. The predicted molar refractivity (Wildman–Crippen MR) is 115 cm³/mol. The van der Waals surface area contributed by atoms with Crippen molar-refractivity contribution in [1.29, 1.82) is 0 Å². The fourth-order valence-electron chi connectivity index (χ4n) is 3.44.